The van der Waals surface area contributed by atoms with E-state index < -0.39 is 20.7 Å². The predicted octanol–water partition coefficient (Wildman–Crippen LogP) is 2.69. The summed E-state index contributed by atoms with van der Waals surface area (Å²) in [7, 11) is -3.58. The zero-order valence-corrected chi connectivity index (χ0v) is 16.6. The first-order valence-electron chi connectivity index (χ1n) is 7.85. The first kappa shape index (κ1) is 21.4. The van der Waals surface area contributed by atoms with Gasteiger partial charge in [-0.05, 0) is 30.3 Å². The largest absolute Gasteiger partial charge is 0.326 e. The molecule has 148 valence electrons. The average molecular weight is 423 g/mol. The number of amides is 2. The van der Waals surface area contributed by atoms with Crippen molar-refractivity contribution >= 4 is 50.5 Å². The van der Waals surface area contributed by atoms with Crippen LogP contribution in [0.4, 0.5) is 17.1 Å². The summed E-state index contributed by atoms with van der Waals surface area (Å²) < 4.78 is 23.1. The summed E-state index contributed by atoms with van der Waals surface area (Å²) in [5.41, 5.74) is 0.595. The molecule has 0 unspecified atom stereocenters. The number of carbonyl (C=O) groups is 2. The highest BCUT2D eigenvalue weighted by Crippen LogP contribution is 2.31. The number of anilines is 2. The fraction of sp³-hybridized carbons (Fsp3) is 0.176. The van der Waals surface area contributed by atoms with E-state index in [0.717, 1.165) is 24.1 Å². The fourth-order valence-electron chi connectivity index (χ4n) is 2.21. The first-order chi connectivity index (χ1) is 13.1. The number of nitro benzene ring substituents is 1. The van der Waals surface area contributed by atoms with Gasteiger partial charge in [0.2, 0.25) is 11.8 Å². The smallest absolute Gasteiger partial charge is 0.284 e. The summed E-state index contributed by atoms with van der Waals surface area (Å²) in [5.74, 6) is -0.779. The van der Waals surface area contributed by atoms with Crippen molar-refractivity contribution in [2.45, 2.75) is 16.7 Å². The normalized spacial score (nSPS) is 10.9. The fourth-order valence-corrected chi connectivity index (χ4v) is 3.66. The van der Waals surface area contributed by atoms with Crippen molar-refractivity contribution in [2.24, 2.45) is 0 Å². The van der Waals surface area contributed by atoms with Gasteiger partial charge >= 0.3 is 0 Å². The van der Waals surface area contributed by atoms with Crippen molar-refractivity contribution in [3.8, 4) is 0 Å². The Morgan fingerprint density at radius 2 is 1.75 bits per heavy atom. The molecule has 0 aromatic heterocycles. The Morgan fingerprint density at radius 1 is 1.11 bits per heavy atom. The molecule has 0 aliphatic rings. The summed E-state index contributed by atoms with van der Waals surface area (Å²) >= 11 is 0.919. The Hall–Kier alpha value is -2.92. The van der Waals surface area contributed by atoms with Crippen LogP contribution in [0.15, 0.2) is 52.3 Å². The number of nitro groups is 1. The number of hydrogen-bond donors (Lipinski definition) is 2. The second kappa shape index (κ2) is 8.85. The predicted molar refractivity (Wildman–Crippen MR) is 106 cm³/mol. The highest BCUT2D eigenvalue weighted by atomic mass is 32.2. The zero-order chi connectivity index (χ0) is 20.9. The van der Waals surface area contributed by atoms with Crippen LogP contribution in [0, 0.1) is 10.1 Å². The van der Waals surface area contributed by atoms with E-state index in [9.17, 15) is 28.1 Å². The van der Waals surface area contributed by atoms with E-state index >= 15 is 0 Å². The van der Waals surface area contributed by atoms with Crippen LogP contribution >= 0.6 is 11.8 Å². The lowest BCUT2D eigenvalue weighted by molar-refractivity contribution is -0.388. The maximum atomic E-state index is 12.1. The van der Waals surface area contributed by atoms with E-state index in [-0.39, 0.29) is 27.1 Å². The third kappa shape index (κ3) is 6.06. The first-order valence-corrected chi connectivity index (χ1v) is 10.7. The third-order valence-corrected chi connectivity index (χ3v) is 5.55. The number of sulfone groups is 1. The van der Waals surface area contributed by atoms with Crippen molar-refractivity contribution in [3.63, 3.8) is 0 Å². The van der Waals surface area contributed by atoms with Crippen molar-refractivity contribution in [3.05, 3.63) is 52.6 Å². The van der Waals surface area contributed by atoms with Crippen molar-refractivity contribution in [1.82, 2.24) is 0 Å². The number of hydrogen-bond acceptors (Lipinski definition) is 7. The number of nitrogens with zero attached hydrogens (tertiary/aromatic N) is 1. The van der Waals surface area contributed by atoms with Crippen LogP contribution in [-0.2, 0) is 19.4 Å². The molecule has 0 radical (unpaired) electrons. The zero-order valence-electron chi connectivity index (χ0n) is 15.0. The van der Waals surface area contributed by atoms with E-state index in [0.29, 0.717) is 11.4 Å². The SMILES string of the molecule is CC(=O)Nc1cccc(NC(=O)CSc2ccc(S(C)(=O)=O)cc2[N+](=O)[O-])c1. The van der Waals surface area contributed by atoms with Gasteiger partial charge in [-0.3, -0.25) is 19.7 Å². The second-order valence-corrected chi connectivity index (χ2v) is 8.79. The van der Waals surface area contributed by atoms with Gasteiger partial charge in [-0.15, -0.1) is 11.8 Å². The van der Waals surface area contributed by atoms with Crippen molar-refractivity contribution in [1.29, 1.82) is 0 Å². The lowest BCUT2D eigenvalue weighted by atomic mass is 10.2. The molecule has 11 heteroatoms. The molecular formula is C17H17N3O6S2. The molecule has 0 aliphatic carbocycles. The number of nitrogens with one attached hydrogen (secondary N) is 2. The van der Waals surface area contributed by atoms with Gasteiger partial charge in [-0.2, -0.15) is 0 Å². The van der Waals surface area contributed by atoms with E-state index in [1.54, 1.807) is 24.3 Å². The van der Waals surface area contributed by atoms with Gasteiger partial charge in [0.25, 0.3) is 5.69 Å². The lowest BCUT2D eigenvalue weighted by Gasteiger charge is -2.08. The number of thioether (sulfide) groups is 1. The van der Waals surface area contributed by atoms with Crippen LogP contribution < -0.4 is 10.6 Å². The number of carbonyl (C=O) groups excluding carboxylic acids is 2. The molecular weight excluding hydrogens is 406 g/mol. The molecule has 0 saturated heterocycles. The topological polar surface area (TPSA) is 135 Å². The van der Waals surface area contributed by atoms with Crippen molar-refractivity contribution < 1.29 is 22.9 Å². The maximum absolute atomic E-state index is 12.1. The summed E-state index contributed by atoms with van der Waals surface area (Å²) in [4.78, 5) is 33.8. The summed E-state index contributed by atoms with van der Waals surface area (Å²) in [6.45, 7) is 1.36. The van der Waals surface area contributed by atoms with Gasteiger partial charge in [-0.25, -0.2) is 8.42 Å². The molecule has 2 aromatic rings. The molecule has 2 aromatic carbocycles. The molecule has 0 spiro atoms. The molecule has 2 amide bonds. The highest BCUT2D eigenvalue weighted by molar-refractivity contribution is 8.00. The molecule has 2 rings (SSSR count). The minimum absolute atomic E-state index is 0.122. The minimum atomic E-state index is -3.58. The minimum Gasteiger partial charge on any atom is -0.326 e. The van der Waals surface area contributed by atoms with Gasteiger partial charge in [0.1, 0.15) is 0 Å². The van der Waals surface area contributed by atoms with Crippen LogP contribution in [0.1, 0.15) is 6.92 Å². The standard InChI is InChI=1S/C17H17N3O6S2/c1-11(21)18-12-4-3-5-13(8-12)19-17(22)10-27-16-7-6-14(28(2,25)26)9-15(16)20(23)24/h3-9H,10H2,1-2H3,(H,18,21)(H,19,22). The maximum Gasteiger partial charge on any atom is 0.284 e. The molecule has 0 bridgehead atoms. The van der Waals surface area contributed by atoms with E-state index in [1.165, 1.54) is 19.1 Å². The summed E-state index contributed by atoms with van der Waals surface area (Å²) in [5, 5.41) is 16.5. The Bertz CT molecular complexity index is 1040. The Labute approximate surface area is 165 Å². The van der Waals surface area contributed by atoms with Gasteiger partial charge < -0.3 is 10.6 Å². The van der Waals surface area contributed by atoms with E-state index in [2.05, 4.69) is 10.6 Å². The number of rotatable bonds is 7. The van der Waals surface area contributed by atoms with Gasteiger partial charge in [0, 0.05) is 30.6 Å². The molecule has 28 heavy (non-hydrogen) atoms. The molecule has 0 atom stereocenters. The quantitative estimate of drug-likeness (QED) is 0.397. The molecule has 2 N–H and O–H groups in total. The van der Waals surface area contributed by atoms with E-state index in [1.807, 2.05) is 0 Å². The Balaban J connectivity index is 2.08. The molecule has 0 saturated carbocycles. The van der Waals surface area contributed by atoms with Gasteiger partial charge in [-0.1, -0.05) is 6.07 Å². The van der Waals surface area contributed by atoms with Crippen LogP contribution in [0.2, 0.25) is 0 Å². The molecule has 0 heterocycles. The second-order valence-electron chi connectivity index (χ2n) is 5.76. The highest BCUT2D eigenvalue weighted by Gasteiger charge is 2.19. The monoisotopic (exact) mass is 423 g/mol. The van der Waals surface area contributed by atoms with Gasteiger partial charge in [0.15, 0.2) is 9.84 Å². The van der Waals surface area contributed by atoms with Crippen molar-refractivity contribution in [2.75, 3.05) is 22.6 Å². The van der Waals surface area contributed by atoms with Crippen LogP contribution in [0.25, 0.3) is 0 Å². The third-order valence-electron chi connectivity index (χ3n) is 3.38. The summed E-state index contributed by atoms with van der Waals surface area (Å²) in [6.07, 6.45) is 0.960. The van der Waals surface area contributed by atoms with Crippen LogP contribution in [0.3, 0.4) is 0 Å². The molecule has 0 fully saturated rings. The number of benzene rings is 2. The lowest BCUT2D eigenvalue weighted by Crippen LogP contribution is -2.14. The molecule has 0 aliphatic heterocycles. The Morgan fingerprint density at radius 3 is 2.32 bits per heavy atom. The molecule has 9 nitrogen and oxygen atoms in total. The average Bonchev–Trinajstić information content (AvgIpc) is 2.58. The van der Waals surface area contributed by atoms with Crippen LogP contribution in [0.5, 0.6) is 0 Å². The Kier molecular flexibility index (Phi) is 6.75. The van der Waals surface area contributed by atoms with Gasteiger partial charge in [0.05, 0.1) is 20.5 Å². The van der Waals surface area contributed by atoms with E-state index in [4.69, 9.17) is 0 Å². The summed E-state index contributed by atoms with van der Waals surface area (Å²) in [6, 6.07) is 10.1. The van der Waals surface area contributed by atoms with Crippen LogP contribution in [-0.4, -0.2) is 37.2 Å².